The first kappa shape index (κ1) is 47.7. The highest BCUT2D eigenvalue weighted by molar-refractivity contribution is 6.30. The van der Waals surface area contributed by atoms with E-state index >= 15 is 9.59 Å². The maximum atomic E-state index is 15.7. The predicted octanol–water partition coefficient (Wildman–Crippen LogP) is 15.4. The van der Waals surface area contributed by atoms with E-state index in [4.69, 9.17) is 0 Å². The number of nitrogens with zero attached hydrogens (tertiary/aromatic N) is 2. The number of hydrogen-bond acceptors (Lipinski definition) is 2. The van der Waals surface area contributed by atoms with Crippen molar-refractivity contribution in [2.24, 2.45) is 0 Å². The van der Waals surface area contributed by atoms with Crippen LogP contribution in [0.15, 0.2) is 157 Å². The number of rotatable bonds is 10. The van der Waals surface area contributed by atoms with E-state index in [9.17, 15) is 0 Å². The molecule has 0 unspecified atom stereocenters. The number of carbonyl (C=O) groups excluding carboxylic acids is 2. The fourth-order valence-corrected chi connectivity index (χ4v) is 8.98. The fraction of sp³-hybridized carbons (Fsp3) is 0.281. The van der Waals surface area contributed by atoms with Gasteiger partial charge in [-0.05, 0) is 88.4 Å². The fourth-order valence-electron chi connectivity index (χ4n) is 8.98. The molecule has 0 N–H and O–H groups in total. The molecule has 0 saturated carbocycles. The maximum absolute atomic E-state index is 15.7. The van der Waals surface area contributed by atoms with E-state index in [1.807, 2.05) is 46.2 Å². The lowest BCUT2D eigenvalue weighted by Crippen LogP contribution is -2.30. The van der Waals surface area contributed by atoms with Crippen LogP contribution in [-0.4, -0.2) is 21.6 Å². The van der Waals surface area contributed by atoms with Crippen molar-refractivity contribution < 1.29 is 9.59 Å². The normalized spacial score (nSPS) is 14.9. The summed E-state index contributed by atoms with van der Waals surface area (Å²) < 4.78 is 0. The van der Waals surface area contributed by atoms with Crippen molar-refractivity contribution in [2.45, 2.75) is 118 Å². The second-order valence-electron chi connectivity index (χ2n) is 22.8. The molecule has 68 heavy (non-hydrogen) atoms. The first-order valence-electron chi connectivity index (χ1n) is 24.1. The minimum Gasteiger partial charge on any atom is -0.302 e. The van der Waals surface area contributed by atoms with Gasteiger partial charge in [-0.1, -0.05) is 253 Å². The lowest BCUT2D eigenvalue weighted by Gasteiger charge is -2.29. The van der Waals surface area contributed by atoms with Crippen LogP contribution in [0, 0.1) is 0 Å². The van der Waals surface area contributed by atoms with E-state index in [-0.39, 0.29) is 33.5 Å². The molecule has 4 nitrogen and oxygen atoms in total. The third kappa shape index (κ3) is 10.4. The van der Waals surface area contributed by atoms with Crippen molar-refractivity contribution in [3.05, 3.63) is 224 Å². The van der Waals surface area contributed by atoms with Crippen molar-refractivity contribution in [3.63, 3.8) is 0 Å². The number of fused-ring (bicyclic) bond motifs is 1. The van der Waals surface area contributed by atoms with Crippen LogP contribution in [0.25, 0.3) is 35.7 Å². The largest absolute Gasteiger partial charge is 0.302 e. The van der Waals surface area contributed by atoms with Gasteiger partial charge < -0.3 is 9.80 Å². The summed E-state index contributed by atoms with van der Waals surface area (Å²) in [5, 5.41) is 0. The Morgan fingerprint density at radius 3 is 0.882 bits per heavy atom. The van der Waals surface area contributed by atoms with Gasteiger partial charge in [-0.2, -0.15) is 0 Å². The molecule has 0 saturated heterocycles. The molecule has 6 aromatic carbocycles. The molecular weight excluding hydrogens is 829 g/mol. The van der Waals surface area contributed by atoms with E-state index in [0.717, 1.165) is 44.5 Å². The summed E-state index contributed by atoms with van der Waals surface area (Å²) >= 11 is 0. The molecule has 0 fully saturated rings. The summed E-state index contributed by atoms with van der Waals surface area (Å²) in [6, 6.07) is 50.7. The van der Waals surface area contributed by atoms with Gasteiger partial charge in [0.1, 0.15) is 0 Å². The van der Waals surface area contributed by atoms with Crippen LogP contribution in [0.3, 0.4) is 0 Å². The summed E-state index contributed by atoms with van der Waals surface area (Å²) in [5.41, 5.74) is 14.6. The Bertz CT molecular complexity index is 2700. The number of amides is 2. The Labute approximate surface area is 406 Å². The van der Waals surface area contributed by atoms with Crippen LogP contribution in [0.4, 0.5) is 0 Å². The molecule has 2 heterocycles. The van der Waals surface area contributed by atoms with Crippen LogP contribution in [0.1, 0.15) is 150 Å². The molecule has 0 atom stereocenters. The molecule has 8 rings (SSSR count). The Hall–Kier alpha value is -6.78. The first-order valence-corrected chi connectivity index (χ1v) is 24.1. The highest BCUT2D eigenvalue weighted by atomic mass is 16.2. The lowest BCUT2D eigenvalue weighted by molar-refractivity contribution is -0.124. The van der Waals surface area contributed by atoms with Gasteiger partial charge in [-0.15, -0.1) is 0 Å². The van der Waals surface area contributed by atoms with Gasteiger partial charge in [0.05, 0.1) is 35.6 Å². The molecule has 6 aromatic rings. The van der Waals surface area contributed by atoms with E-state index in [1.54, 1.807) is 0 Å². The maximum Gasteiger partial charge on any atom is 0.261 e. The summed E-state index contributed by atoms with van der Waals surface area (Å²) in [4.78, 5) is 35.2. The summed E-state index contributed by atoms with van der Waals surface area (Å²) in [5.74, 6) is -0.335. The molecule has 0 bridgehead atoms. The average Bonchev–Trinajstić information content (AvgIpc) is 3.73. The van der Waals surface area contributed by atoms with E-state index in [1.165, 1.54) is 22.3 Å². The predicted molar refractivity (Wildman–Crippen MR) is 286 cm³/mol. The number of benzene rings is 6. The van der Waals surface area contributed by atoms with Crippen molar-refractivity contribution in [2.75, 3.05) is 0 Å². The van der Waals surface area contributed by atoms with Crippen molar-refractivity contribution in [3.8, 4) is 0 Å². The average molecular weight is 897 g/mol. The zero-order valence-corrected chi connectivity index (χ0v) is 42.3. The smallest absolute Gasteiger partial charge is 0.261 e. The second-order valence-corrected chi connectivity index (χ2v) is 22.8. The molecule has 0 spiro atoms. The quantitative estimate of drug-likeness (QED) is 0.129. The monoisotopic (exact) mass is 897 g/mol. The van der Waals surface area contributed by atoms with Gasteiger partial charge in [0.2, 0.25) is 0 Å². The highest BCUT2D eigenvalue weighted by Crippen LogP contribution is 2.48. The van der Waals surface area contributed by atoms with Crippen LogP contribution in [0.2, 0.25) is 0 Å². The van der Waals surface area contributed by atoms with Gasteiger partial charge in [0.25, 0.3) is 11.8 Å². The Kier molecular flexibility index (Phi) is 12.9. The number of carbonyl (C=O) groups is 2. The van der Waals surface area contributed by atoms with E-state index in [2.05, 4.69) is 217 Å². The molecule has 0 aromatic heterocycles. The first-order chi connectivity index (χ1) is 32.0. The van der Waals surface area contributed by atoms with E-state index < -0.39 is 0 Å². The molecule has 2 amide bonds. The van der Waals surface area contributed by atoms with Gasteiger partial charge in [0.15, 0.2) is 0 Å². The van der Waals surface area contributed by atoms with Crippen LogP contribution in [0.5, 0.6) is 0 Å². The SMILES string of the molecule is CC(C)(C)c1cc(CN2C(=O)C3=C(c4ccc(C=Cc5ccccc5)cc4)N(Cc4cc(C(C)(C)C)cc(C(C)(C)C)c4)C(=O)C3=C2c2ccc(C=Cc3ccccc3)cc2)cc(C(C)(C)C)c1. The second kappa shape index (κ2) is 18.4. The topological polar surface area (TPSA) is 40.6 Å². The molecule has 2 aliphatic heterocycles. The van der Waals surface area contributed by atoms with Crippen molar-refractivity contribution in [1.82, 2.24) is 9.80 Å². The Morgan fingerprint density at radius 2 is 0.618 bits per heavy atom. The Balaban J connectivity index is 1.32. The van der Waals surface area contributed by atoms with Gasteiger partial charge >= 0.3 is 0 Å². The third-order valence-electron chi connectivity index (χ3n) is 13.2. The molecular formula is C64H68N2O2. The molecule has 2 aliphatic rings. The van der Waals surface area contributed by atoms with Gasteiger partial charge in [-0.25, -0.2) is 0 Å². The lowest BCUT2D eigenvalue weighted by atomic mass is 9.79. The van der Waals surface area contributed by atoms with Crippen LogP contribution < -0.4 is 0 Å². The van der Waals surface area contributed by atoms with Crippen molar-refractivity contribution in [1.29, 1.82) is 0 Å². The summed E-state index contributed by atoms with van der Waals surface area (Å²) in [6.45, 7) is 27.5. The summed E-state index contributed by atoms with van der Waals surface area (Å²) in [6.07, 6.45) is 8.40. The van der Waals surface area contributed by atoms with Crippen LogP contribution >= 0.6 is 0 Å². The minimum atomic E-state index is -0.167. The van der Waals surface area contributed by atoms with Crippen molar-refractivity contribution >= 4 is 47.5 Å². The molecule has 0 radical (unpaired) electrons. The standard InChI is InChI=1S/C64H68N2O2/c1-61(2,3)51-35-47(36-52(39-51)62(4,5)6)41-65-57(49-31-27-45(28-32-49)25-23-43-19-15-13-16-20-43)55-56(59(65)67)58(50-33-29-46(30-34-50)26-24-44-21-17-14-18-22-44)66(60(55)68)42-48-37-53(63(7,8)9)40-54(38-48)64(10,11)12/h13-40H,41-42H2,1-12H3. The van der Waals surface area contributed by atoms with Crippen LogP contribution in [-0.2, 0) is 44.3 Å². The minimum absolute atomic E-state index is 0.113. The zero-order valence-electron chi connectivity index (χ0n) is 42.3. The Morgan fingerprint density at radius 1 is 0.353 bits per heavy atom. The van der Waals surface area contributed by atoms with Gasteiger partial charge in [-0.3, -0.25) is 9.59 Å². The highest BCUT2D eigenvalue weighted by Gasteiger charge is 2.49. The zero-order chi connectivity index (χ0) is 48.8. The van der Waals surface area contributed by atoms with Gasteiger partial charge in [0, 0.05) is 0 Å². The molecule has 4 heteroatoms. The molecule has 0 aliphatic carbocycles. The molecule has 346 valence electrons. The summed E-state index contributed by atoms with van der Waals surface area (Å²) in [7, 11) is 0. The van der Waals surface area contributed by atoms with E-state index in [0.29, 0.717) is 35.6 Å². The number of hydrogen-bond donors (Lipinski definition) is 0. The third-order valence-corrected chi connectivity index (χ3v) is 13.2.